The van der Waals surface area contributed by atoms with Gasteiger partial charge in [-0.3, -0.25) is 4.79 Å². The van der Waals surface area contributed by atoms with Crippen LogP contribution in [0, 0.1) is 12.7 Å². The average Bonchev–Trinajstić information content (AvgIpc) is 2.51. The van der Waals surface area contributed by atoms with E-state index >= 15 is 0 Å². The van der Waals surface area contributed by atoms with E-state index in [0.717, 1.165) is 6.26 Å². The van der Waals surface area contributed by atoms with Crippen molar-refractivity contribution >= 4 is 33.1 Å². The van der Waals surface area contributed by atoms with E-state index in [9.17, 15) is 17.6 Å². The minimum absolute atomic E-state index is 0.0650. The highest BCUT2D eigenvalue weighted by Crippen LogP contribution is 2.33. The maximum absolute atomic E-state index is 13.5. The van der Waals surface area contributed by atoms with Gasteiger partial charge in [-0.25, -0.2) is 12.8 Å². The number of guanidine groups is 1. The molecular weight excluding hydrogens is 359 g/mol. The number of aryl methyl sites for hydroxylation is 1. The average molecular weight is 378 g/mol. The Kier molecular flexibility index (Phi) is 5.31. The van der Waals surface area contributed by atoms with Gasteiger partial charge in [-0.2, -0.15) is 4.99 Å². The number of amides is 1. The summed E-state index contributed by atoms with van der Waals surface area (Å²) in [6.07, 6.45) is 1.02. The molecule has 0 saturated carbocycles. The second-order valence-electron chi connectivity index (χ2n) is 5.79. The molecule has 0 saturated heterocycles. The number of anilines is 2. The van der Waals surface area contributed by atoms with E-state index in [1.165, 1.54) is 35.2 Å². The first-order valence-electron chi connectivity index (χ1n) is 7.48. The van der Waals surface area contributed by atoms with Crippen molar-refractivity contribution in [2.24, 2.45) is 16.5 Å². The Morgan fingerprint density at radius 1 is 1.19 bits per heavy atom. The molecule has 0 spiro atoms. The molecule has 9 heteroatoms. The molecule has 0 aromatic heterocycles. The lowest BCUT2D eigenvalue weighted by Gasteiger charge is -2.23. The fourth-order valence-corrected chi connectivity index (χ4v) is 3.37. The van der Waals surface area contributed by atoms with Gasteiger partial charge in [0.05, 0.1) is 10.6 Å². The van der Waals surface area contributed by atoms with E-state index in [2.05, 4.69) is 4.99 Å². The van der Waals surface area contributed by atoms with Crippen molar-refractivity contribution in [1.82, 2.24) is 0 Å². The normalized spacial score (nSPS) is 11.1. The van der Waals surface area contributed by atoms with Crippen molar-refractivity contribution in [2.75, 3.05) is 18.2 Å². The maximum Gasteiger partial charge on any atom is 0.280 e. The summed E-state index contributed by atoms with van der Waals surface area (Å²) in [6.45, 7) is 1.63. The van der Waals surface area contributed by atoms with Crippen molar-refractivity contribution in [3.8, 4) is 0 Å². The highest BCUT2D eigenvalue weighted by atomic mass is 32.2. The molecule has 0 bridgehead atoms. The zero-order valence-electron chi connectivity index (χ0n) is 14.5. The number of carbonyl (C=O) groups excluding carboxylic acids is 1. The van der Waals surface area contributed by atoms with Crippen LogP contribution in [0.1, 0.15) is 15.9 Å². The van der Waals surface area contributed by atoms with Crippen molar-refractivity contribution in [3.63, 3.8) is 0 Å². The first kappa shape index (κ1) is 19.4. The fraction of sp³-hybridized carbons (Fsp3) is 0.176. The lowest BCUT2D eigenvalue weighted by Crippen LogP contribution is -2.24. The van der Waals surface area contributed by atoms with Crippen LogP contribution in [0.4, 0.5) is 15.8 Å². The third kappa shape index (κ3) is 4.17. The lowest BCUT2D eigenvalue weighted by molar-refractivity contribution is 0.100. The minimum Gasteiger partial charge on any atom is -0.370 e. The fourth-order valence-electron chi connectivity index (χ4n) is 2.46. The van der Waals surface area contributed by atoms with Gasteiger partial charge < -0.3 is 16.4 Å². The van der Waals surface area contributed by atoms with Gasteiger partial charge in [0.25, 0.3) is 5.91 Å². The number of hydrogen-bond acceptors (Lipinski definition) is 4. The van der Waals surface area contributed by atoms with E-state index in [4.69, 9.17) is 11.5 Å². The number of hydrogen-bond donors (Lipinski definition) is 2. The topological polar surface area (TPSA) is 119 Å². The Hall–Kier alpha value is -2.94. The number of nitrogens with two attached hydrogens (primary N) is 2. The van der Waals surface area contributed by atoms with Crippen LogP contribution in [-0.4, -0.2) is 33.6 Å². The SMILES string of the molecule is Cc1cc(N(C)c2cccc(F)c2)c(S(C)(=O)=O)cc1C(=O)N=C(N)N. The lowest BCUT2D eigenvalue weighted by atomic mass is 10.1. The molecule has 1 amide bonds. The van der Waals surface area contributed by atoms with Crippen LogP contribution in [-0.2, 0) is 9.84 Å². The Bertz CT molecular complexity index is 999. The molecule has 0 aliphatic carbocycles. The summed E-state index contributed by atoms with van der Waals surface area (Å²) < 4.78 is 38.1. The summed E-state index contributed by atoms with van der Waals surface area (Å²) in [5, 5.41) is 0. The van der Waals surface area contributed by atoms with Crippen LogP contribution in [0.5, 0.6) is 0 Å². The maximum atomic E-state index is 13.5. The smallest absolute Gasteiger partial charge is 0.280 e. The standard InChI is InChI=1S/C17H19FN4O3S/c1-10-7-14(22(2)12-6-4-5-11(18)8-12)15(26(3,24)25)9-13(10)16(23)21-17(19)20/h4-9H,1-3H3,(H4,19,20,21,23). The molecule has 0 aliphatic heterocycles. The number of aliphatic imine (C=N–C) groups is 1. The van der Waals surface area contributed by atoms with Crippen LogP contribution >= 0.6 is 0 Å². The van der Waals surface area contributed by atoms with E-state index in [0.29, 0.717) is 16.9 Å². The Morgan fingerprint density at radius 3 is 2.38 bits per heavy atom. The molecule has 2 aromatic carbocycles. The molecule has 7 nitrogen and oxygen atoms in total. The molecule has 26 heavy (non-hydrogen) atoms. The van der Waals surface area contributed by atoms with Gasteiger partial charge >= 0.3 is 0 Å². The monoisotopic (exact) mass is 378 g/mol. The summed E-state index contributed by atoms with van der Waals surface area (Å²) in [5.41, 5.74) is 11.7. The van der Waals surface area contributed by atoms with Crippen LogP contribution in [0.2, 0.25) is 0 Å². The van der Waals surface area contributed by atoms with E-state index in [1.54, 1.807) is 20.0 Å². The minimum atomic E-state index is -3.70. The van der Waals surface area contributed by atoms with Gasteiger partial charge in [0.1, 0.15) is 5.82 Å². The molecular formula is C17H19FN4O3S. The molecule has 0 radical (unpaired) electrons. The van der Waals surface area contributed by atoms with Gasteiger partial charge in [0, 0.05) is 24.6 Å². The largest absolute Gasteiger partial charge is 0.370 e. The molecule has 0 unspecified atom stereocenters. The van der Waals surface area contributed by atoms with Crippen molar-refractivity contribution in [3.05, 3.63) is 53.3 Å². The number of halogens is 1. The molecule has 4 N–H and O–H groups in total. The predicted molar refractivity (Wildman–Crippen MR) is 98.9 cm³/mol. The van der Waals surface area contributed by atoms with Gasteiger partial charge in [-0.05, 0) is 42.8 Å². The second kappa shape index (κ2) is 7.12. The van der Waals surface area contributed by atoms with Crippen molar-refractivity contribution in [1.29, 1.82) is 0 Å². The number of carbonyl (C=O) groups is 1. The molecule has 0 atom stereocenters. The Balaban J connectivity index is 2.69. The van der Waals surface area contributed by atoms with Crippen molar-refractivity contribution < 1.29 is 17.6 Å². The molecule has 0 aliphatic rings. The number of benzene rings is 2. The second-order valence-corrected chi connectivity index (χ2v) is 7.77. The quantitative estimate of drug-likeness (QED) is 0.618. The van der Waals surface area contributed by atoms with E-state index < -0.39 is 27.5 Å². The summed E-state index contributed by atoms with van der Waals surface area (Å²) in [6, 6.07) is 8.48. The first-order valence-corrected chi connectivity index (χ1v) is 9.38. The first-order chi connectivity index (χ1) is 12.0. The third-order valence-corrected chi connectivity index (χ3v) is 4.85. The highest BCUT2D eigenvalue weighted by Gasteiger charge is 2.22. The van der Waals surface area contributed by atoms with Gasteiger partial charge in [-0.1, -0.05) is 6.07 Å². The molecule has 2 aromatic rings. The zero-order valence-corrected chi connectivity index (χ0v) is 15.3. The summed E-state index contributed by atoms with van der Waals surface area (Å²) >= 11 is 0. The number of nitrogens with zero attached hydrogens (tertiary/aromatic N) is 2. The molecule has 2 rings (SSSR count). The molecule has 0 fully saturated rings. The number of rotatable bonds is 4. The van der Waals surface area contributed by atoms with Gasteiger partial charge in [-0.15, -0.1) is 0 Å². The van der Waals surface area contributed by atoms with Gasteiger partial charge in [0.15, 0.2) is 15.8 Å². The summed E-state index contributed by atoms with van der Waals surface area (Å²) in [4.78, 5) is 17.0. The molecule has 0 heterocycles. The van der Waals surface area contributed by atoms with Crippen LogP contribution in [0.15, 0.2) is 46.3 Å². The Labute approximate surface area is 151 Å². The van der Waals surface area contributed by atoms with Crippen molar-refractivity contribution in [2.45, 2.75) is 11.8 Å². The predicted octanol–water partition coefficient (Wildman–Crippen LogP) is 1.72. The van der Waals surface area contributed by atoms with E-state index in [1.807, 2.05) is 0 Å². The van der Waals surface area contributed by atoms with Gasteiger partial charge in [0.2, 0.25) is 0 Å². The summed E-state index contributed by atoms with van der Waals surface area (Å²) in [7, 11) is -2.09. The molecule has 138 valence electrons. The van der Waals surface area contributed by atoms with E-state index in [-0.39, 0.29) is 10.5 Å². The summed E-state index contributed by atoms with van der Waals surface area (Å²) in [5.74, 6) is -1.62. The Morgan fingerprint density at radius 2 is 1.85 bits per heavy atom. The number of sulfone groups is 1. The highest BCUT2D eigenvalue weighted by molar-refractivity contribution is 7.90. The zero-order chi connectivity index (χ0) is 19.6. The van der Waals surface area contributed by atoms with Crippen LogP contribution < -0.4 is 16.4 Å². The third-order valence-electron chi connectivity index (χ3n) is 3.72. The van der Waals surface area contributed by atoms with Crippen LogP contribution in [0.3, 0.4) is 0 Å². The van der Waals surface area contributed by atoms with Crippen LogP contribution in [0.25, 0.3) is 0 Å².